The van der Waals surface area contributed by atoms with Crippen molar-refractivity contribution in [3.8, 4) is 0 Å². The number of benzene rings is 1. The Morgan fingerprint density at radius 3 is 2.60 bits per heavy atom. The molecule has 0 saturated carbocycles. The Balaban J connectivity index is 1.98. The van der Waals surface area contributed by atoms with E-state index >= 15 is 0 Å². The van der Waals surface area contributed by atoms with E-state index in [0.29, 0.717) is 12.3 Å². The fraction of sp³-hybridized carbons (Fsp3) is 0.476. The fourth-order valence-electron chi connectivity index (χ4n) is 2.76. The van der Waals surface area contributed by atoms with Crippen molar-refractivity contribution < 1.29 is 24.2 Å². The highest BCUT2D eigenvalue weighted by Crippen LogP contribution is 2.10. The first-order valence-corrected chi connectivity index (χ1v) is 9.77. The van der Waals surface area contributed by atoms with Crippen molar-refractivity contribution in [1.82, 2.24) is 20.2 Å². The van der Waals surface area contributed by atoms with Crippen LogP contribution in [0.15, 0.2) is 42.9 Å². The molecule has 1 aromatic carbocycles. The van der Waals surface area contributed by atoms with Crippen LogP contribution in [0.2, 0.25) is 0 Å². The molecule has 0 aliphatic heterocycles. The third-order valence-electron chi connectivity index (χ3n) is 4.13. The van der Waals surface area contributed by atoms with E-state index in [0.717, 1.165) is 5.56 Å². The minimum Gasteiger partial charge on any atom is -0.480 e. The zero-order valence-corrected chi connectivity index (χ0v) is 17.6. The smallest absolute Gasteiger partial charge is 0.407 e. The van der Waals surface area contributed by atoms with Gasteiger partial charge in [-0.3, -0.25) is 9.69 Å². The Hall–Kier alpha value is -2.91. The quantitative estimate of drug-likeness (QED) is 0.480. The van der Waals surface area contributed by atoms with E-state index in [1.54, 1.807) is 31.9 Å². The Labute approximate surface area is 176 Å². The Morgan fingerprint density at radius 2 is 2.00 bits per heavy atom. The van der Waals surface area contributed by atoms with Gasteiger partial charge in [-0.1, -0.05) is 30.3 Å². The standard InChI is InChI=1S/C21H30N4O5/c1-21(2,3)30-20(28)23-9-10-25(15-29-13-16-7-5-4-6-8-16)18(19(26)27)11-17-12-22-14-24-17/h4-8,12,14,18H,9-11,13,15H2,1-3H3,(H,22,24)(H,23,28)(H,26,27)/t18-/m1/s1. The first kappa shape index (κ1) is 23.4. The number of aliphatic carboxylic acids is 1. The van der Waals surface area contributed by atoms with Gasteiger partial charge < -0.3 is 24.9 Å². The molecule has 30 heavy (non-hydrogen) atoms. The number of nitrogens with one attached hydrogen (secondary N) is 2. The van der Waals surface area contributed by atoms with Crippen molar-refractivity contribution in [2.45, 2.75) is 45.4 Å². The van der Waals surface area contributed by atoms with Gasteiger partial charge in [-0.15, -0.1) is 0 Å². The molecule has 1 amide bonds. The summed E-state index contributed by atoms with van der Waals surface area (Å²) in [6, 6.07) is 8.78. The van der Waals surface area contributed by atoms with Gasteiger partial charge in [0.15, 0.2) is 0 Å². The molecule has 0 radical (unpaired) electrons. The number of carboxylic acids is 1. The maximum atomic E-state index is 11.9. The number of amides is 1. The second-order valence-corrected chi connectivity index (χ2v) is 7.84. The summed E-state index contributed by atoms with van der Waals surface area (Å²) in [5, 5.41) is 12.4. The van der Waals surface area contributed by atoms with Gasteiger partial charge in [-0.25, -0.2) is 9.78 Å². The molecule has 1 atom stereocenters. The lowest BCUT2D eigenvalue weighted by Gasteiger charge is -2.28. The number of H-pyrrole nitrogens is 1. The number of hydrogen-bond acceptors (Lipinski definition) is 6. The normalized spacial score (nSPS) is 12.5. The number of aromatic nitrogens is 2. The maximum absolute atomic E-state index is 11.9. The molecule has 1 aromatic heterocycles. The van der Waals surface area contributed by atoms with Crippen LogP contribution in [0.5, 0.6) is 0 Å². The van der Waals surface area contributed by atoms with Crippen molar-refractivity contribution in [1.29, 1.82) is 0 Å². The van der Waals surface area contributed by atoms with E-state index in [4.69, 9.17) is 9.47 Å². The van der Waals surface area contributed by atoms with Crippen LogP contribution in [0.25, 0.3) is 0 Å². The lowest BCUT2D eigenvalue weighted by Crippen LogP contribution is -2.47. The SMILES string of the molecule is CC(C)(C)OC(=O)NCCN(COCc1ccccc1)[C@H](Cc1cnc[nH]1)C(=O)O. The van der Waals surface area contributed by atoms with Gasteiger partial charge in [0.05, 0.1) is 12.9 Å². The van der Waals surface area contributed by atoms with Gasteiger partial charge in [-0.2, -0.15) is 0 Å². The number of alkyl carbamates (subject to hydrolysis) is 1. The number of nitrogens with zero attached hydrogens (tertiary/aromatic N) is 2. The third-order valence-corrected chi connectivity index (χ3v) is 4.13. The summed E-state index contributed by atoms with van der Waals surface area (Å²) >= 11 is 0. The lowest BCUT2D eigenvalue weighted by molar-refractivity contribution is -0.146. The van der Waals surface area contributed by atoms with Crippen LogP contribution >= 0.6 is 0 Å². The van der Waals surface area contributed by atoms with Crippen molar-refractivity contribution in [3.63, 3.8) is 0 Å². The second-order valence-electron chi connectivity index (χ2n) is 7.84. The van der Waals surface area contributed by atoms with Crippen LogP contribution in [-0.4, -0.2) is 63.5 Å². The molecular formula is C21H30N4O5. The molecular weight excluding hydrogens is 388 g/mol. The molecule has 0 unspecified atom stereocenters. The van der Waals surface area contributed by atoms with Crippen molar-refractivity contribution in [2.75, 3.05) is 19.8 Å². The van der Waals surface area contributed by atoms with E-state index in [1.807, 2.05) is 30.3 Å². The molecule has 3 N–H and O–H groups in total. The van der Waals surface area contributed by atoms with Gasteiger partial charge in [0, 0.05) is 31.4 Å². The molecule has 0 aliphatic carbocycles. The summed E-state index contributed by atoms with van der Waals surface area (Å²) in [7, 11) is 0. The Kier molecular flexibility index (Phi) is 8.82. The highest BCUT2D eigenvalue weighted by molar-refractivity contribution is 5.73. The second kappa shape index (κ2) is 11.3. The molecule has 0 spiro atoms. The highest BCUT2D eigenvalue weighted by Gasteiger charge is 2.27. The molecule has 9 heteroatoms. The summed E-state index contributed by atoms with van der Waals surface area (Å²) in [6.45, 7) is 6.28. The minimum absolute atomic E-state index is 0.0933. The fourth-order valence-corrected chi connectivity index (χ4v) is 2.76. The van der Waals surface area contributed by atoms with Crippen molar-refractivity contribution in [2.24, 2.45) is 0 Å². The maximum Gasteiger partial charge on any atom is 0.407 e. The summed E-state index contributed by atoms with van der Waals surface area (Å²) in [6.07, 6.45) is 2.79. The van der Waals surface area contributed by atoms with E-state index in [2.05, 4.69) is 15.3 Å². The average molecular weight is 418 g/mol. The summed E-state index contributed by atoms with van der Waals surface area (Å²) < 4.78 is 11.0. The minimum atomic E-state index is -0.981. The number of imidazole rings is 1. The molecule has 2 aromatic rings. The average Bonchev–Trinajstić information content (AvgIpc) is 3.17. The third kappa shape index (κ3) is 8.62. The Bertz CT molecular complexity index is 774. The van der Waals surface area contributed by atoms with Crippen LogP contribution in [0.4, 0.5) is 4.79 Å². The molecule has 0 saturated heterocycles. The van der Waals surface area contributed by atoms with E-state index in [1.165, 1.54) is 6.33 Å². The summed E-state index contributed by atoms with van der Waals surface area (Å²) in [5.74, 6) is -0.981. The van der Waals surface area contributed by atoms with Gasteiger partial charge in [0.2, 0.25) is 0 Å². The van der Waals surface area contributed by atoms with E-state index < -0.39 is 23.7 Å². The predicted octanol–water partition coefficient (Wildman–Crippen LogP) is 2.41. The van der Waals surface area contributed by atoms with Crippen LogP contribution < -0.4 is 5.32 Å². The van der Waals surface area contributed by atoms with Gasteiger partial charge >= 0.3 is 12.1 Å². The zero-order chi connectivity index (χ0) is 22.0. The van der Waals surface area contributed by atoms with Crippen LogP contribution in [-0.2, 0) is 27.3 Å². The van der Waals surface area contributed by atoms with Crippen LogP contribution in [0.3, 0.4) is 0 Å². The topological polar surface area (TPSA) is 117 Å². The molecule has 164 valence electrons. The number of carbonyl (C=O) groups excluding carboxylic acids is 1. The molecule has 0 fully saturated rings. The lowest BCUT2D eigenvalue weighted by atomic mass is 10.1. The summed E-state index contributed by atoms with van der Waals surface area (Å²) in [4.78, 5) is 32.4. The largest absolute Gasteiger partial charge is 0.480 e. The van der Waals surface area contributed by atoms with Crippen molar-refractivity contribution >= 4 is 12.1 Å². The summed E-state index contributed by atoms with van der Waals surface area (Å²) in [5.41, 5.74) is 1.09. The zero-order valence-electron chi connectivity index (χ0n) is 17.6. The number of rotatable bonds is 11. The highest BCUT2D eigenvalue weighted by atomic mass is 16.6. The van der Waals surface area contributed by atoms with E-state index in [-0.39, 0.29) is 26.2 Å². The van der Waals surface area contributed by atoms with Gasteiger partial charge in [-0.05, 0) is 26.3 Å². The predicted molar refractivity (Wildman–Crippen MR) is 111 cm³/mol. The van der Waals surface area contributed by atoms with E-state index in [9.17, 15) is 14.7 Å². The Morgan fingerprint density at radius 1 is 1.27 bits per heavy atom. The number of carboxylic acid groups (broad SMARTS) is 1. The van der Waals surface area contributed by atoms with Crippen LogP contribution in [0.1, 0.15) is 32.0 Å². The van der Waals surface area contributed by atoms with Gasteiger partial charge in [0.25, 0.3) is 0 Å². The first-order chi connectivity index (χ1) is 14.2. The molecule has 1 heterocycles. The first-order valence-electron chi connectivity index (χ1n) is 9.77. The number of carbonyl (C=O) groups is 2. The van der Waals surface area contributed by atoms with Crippen molar-refractivity contribution in [3.05, 3.63) is 54.1 Å². The molecule has 0 aliphatic rings. The monoisotopic (exact) mass is 418 g/mol. The number of hydrogen-bond donors (Lipinski definition) is 3. The van der Waals surface area contributed by atoms with Crippen LogP contribution in [0, 0.1) is 0 Å². The number of aromatic amines is 1. The molecule has 0 bridgehead atoms. The molecule has 9 nitrogen and oxygen atoms in total. The number of ether oxygens (including phenoxy) is 2. The van der Waals surface area contributed by atoms with Gasteiger partial charge in [0.1, 0.15) is 18.4 Å². The molecule has 2 rings (SSSR count).